The van der Waals surface area contributed by atoms with Crippen molar-refractivity contribution < 1.29 is 0 Å². The molecule has 0 aliphatic heterocycles. The number of anilines is 1. The molecule has 0 bridgehead atoms. The molecule has 2 N–H and O–H groups in total. The van der Waals surface area contributed by atoms with Crippen molar-refractivity contribution in [1.29, 1.82) is 0 Å². The summed E-state index contributed by atoms with van der Waals surface area (Å²) in [6, 6.07) is 3.65. The Morgan fingerprint density at radius 2 is 1.94 bits per heavy atom. The van der Waals surface area contributed by atoms with Gasteiger partial charge in [0.2, 0.25) is 0 Å². The van der Waals surface area contributed by atoms with E-state index in [1.165, 1.54) is 0 Å². The Bertz CT molecular complexity index is 721. The largest absolute Gasteiger partial charge is 0.382 e. The minimum Gasteiger partial charge on any atom is -0.382 e. The van der Waals surface area contributed by atoms with Crippen LogP contribution in [0.25, 0.3) is 17.0 Å². The molecular weight excluding hydrogens is 252 g/mol. The van der Waals surface area contributed by atoms with E-state index in [-0.39, 0.29) is 5.82 Å². The Labute approximate surface area is 107 Å². The van der Waals surface area contributed by atoms with Crippen molar-refractivity contribution in [2.75, 3.05) is 5.73 Å². The molecule has 3 heterocycles. The zero-order chi connectivity index (χ0) is 12.7. The monoisotopic (exact) mass is 260 g/mol. The summed E-state index contributed by atoms with van der Waals surface area (Å²) >= 11 is 6.08. The van der Waals surface area contributed by atoms with Gasteiger partial charge >= 0.3 is 0 Å². The summed E-state index contributed by atoms with van der Waals surface area (Å²) in [5.74, 6) is 1.44. The normalized spacial score (nSPS) is 11.0. The molecule has 6 nitrogen and oxygen atoms in total. The smallest absolute Gasteiger partial charge is 0.180 e. The Balaban J connectivity index is 2.39. The van der Waals surface area contributed by atoms with Crippen LogP contribution in [-0.2, 0) is 0 Å². The first-order valence-electron chi connectivity index (χ1n) is 5.25. The summed E-state index contributed by atoms with van der Waals surface area (Å²) in [4.78, 5) is 12.5. The molecule has 18 heavy (non-hydrogen) atoms. The second-order valence-corrected chi connectivity index (χ2v) is 4.14. The van der Waals surface area contributed by atoms with Crippen LogP contribution in [-0.4, -0.2) is 24.6 Å². The Morgan fingerprint density at radius 3 is 2.67 bits per heavy atom. The SMILES string of the molecule is Cc1nc2c(Cl)c(N)nc(-c3ccncc3)n2n1. The summed E-state index contributed by atoms with van der Waals surface area (Å²) in [5, 5.41) is 4.59. The molecule has 0 aliphatic carbocycles. The highest BCUT2D eigenvalue weighted by molar-refractivity contribution is 6.35. The van der Waals surface area contributed by atoms with Gasteiger partial charge in [0.1, 0.15) is 16.7 Å². The van der Waals surface area contributed by atoms with Crippen LogP contribution in [0.1, 0.15) is 5.82 Å². The van der Waals surface area contributed by atoms with Crippen molar-refractivity contribution in [3.05, 3.63) is 35.4 Å². The molecule has 3 aromatic heterocycles. The quantitative estimate of drug-likeness (QED) is 0.720. The maximum absolute atomic E-state index is 6.08. The Kier molecular flexibility index (Phi) is 2.38. The van der Waals surface area contributed by atoms with Crippen LogP contribution >= 0.6 is 11.6 Å². The number of halogens is 1. The van der Waals surface area contributed by atoms with Gasteiger partial charge in [-0.15, -0.1) is 5.10 Å². The van der Waals surface area contributed by atoms with Crippen molar-refractivity contribution in [2.45, 2.75) is 6.92 Å². The number of hydrogen-bond donors (Lipinski definition) is 1. The molecule has 0 saturated carbocycles. The van der Waals surface area contributed by atoms with Crippen LogP contribution in [0.3, 0.4) is 0 Å². The number of nitrogens with zero attached hydrogens (tertiary/aromatic N) is 5. The van der Waals surface area contributed by atoms with E-state index in [1.807, 2.05) is 12.1 Å². The highest BCUT2D eigenvalue weighted by atomic mass is 35.5. The van der Waals surface area contributed by atoms with Crippen molar-refractivity contribution in [2.24, 2.45) is 0 Å². The average Bonchev–Trinajstić information content (AvgIpc) is 2.77. The third-order valence-corrected chi connectivity index (χ3v) is 2.86. The predicted molar refractivity (Wildman–Crippen MR) is 68.2 cm³/mol. The molecule has 0 radical (unpaired) electrons. The van der Waals surface area contributed by atoms with E-state index in [2.05, 4.69) is 20.1 Å². The molecule has 0 aliphatic rings. The van der Waals surface area contributed by atoms with Gasteiger partial charge in [-0.1, -0.05) is 11.6 Å². The summed E-state index contributed by atoms with van der Waals surface area (Å²) in [5.41, 5.74) is 7.15. The topological polar surface area (TPSA) is 82.0 Å². The predicted octanol–water partition coefficient (Wildman–Crippen LogP) is 1.73. The highest BCUT2D eigenvalue weighted by Gasteiger charge is 2.15. The van der Waals surface area contributed by atoms with Gasteiger partial charge in [0.05, 0.1) is 0 Å². The number of nitrogen functional groups attached to an aromatic ring is 1. The number of hydrogen-bond acceptors (Lipinski definition) is 5. The van der Waals surface area contributed by atoms with E-state index < -0.39 is 0 Å². The van der Waals surface area contributed by atoms with E-state index in [0.29, 0.717) is 22.3 Å². The van der Waals surface area contributed by atoms with Gasteiger partial charge in [0, 0.05) is 18.0 Å². The van der Waals surface area contributed by atoms with E-state index >= 15 is 0 Å². The number of aryl methyl sites for hydroxylation is 1. The van der Waals surface area contributed by atoms with Gasteiger partial charge in [-0.2, -0.15) is 4.52 Å². The second-order valence-electron chi connectivity index (χ2n) is 3.76. The maximum atomic E-state index is 6.08. The van der Waals surface area contributed by atoms with E-state index in [4.69, 9.17) is 17.3 Å². The molecule has 0 amide bonds. The fraction of sp³-hybridized carbons (Fsp3) is 0.0909. The molecule has 7 heteroatoms. The van der Waals surface area contributed by atoms with Crippen LogP contribution < -0.4 is 5.73 Å². The first-order chi connectivity index (χ1) is 8.66. The minimum absolute atomic E-state index is 0.239. The summed E-state index contributed by atoms with van der Waals surface area (Å²) in [6.07, 6.45) is 3.36. The van der Waals surface area contributed by atoms with Crippen LogP contribution in [0.4, 0.5) is 5.82 Å². The molecular formula is C11H9ClN6. The molecule has 90 valence electrons. The summed E-state index contributed by atoms with van der Waals surface area (Å²) in [6.45, 7) is 1.79. The van der Waals surface area contributed by atoms with Crippen molar-refractivity contribution in [3.63, 3.8) is 0 Å². The molecule has 0 spiro atoms. The number of nitrogens with two attached hydrogens (primary N) is 1. The van der Waals surface area contributed by atoms with E-state index in [0.717, 1.165) is 5.56 Å². The average molecular weight is 261 g/mol. The summed E-state index contributed by atoms with van der Waals surface area (Å²) < 4.78 is 1.59. The number of aromatic nitrogens is 5. The molecule has 0 unspecified atom stereocenters. The van der Waals surface area contributed by atoms with Gasteiger partial charge in [-0.05, 0) is 19.1 Å². The van der Waals surface area contributed by atoms with Crippen molar-refractivity contribution in [1.82, 2.24) is 24.6 Å². The van der Waals surface area contributed by atoms with Gasteiger partial charge in [-0.3, -0.25) is 4.98 Å². The molecule has 0 fully saturated rings. The van der Waals surface area contributed by atoms with Gasteiger partial charge in [-0.25, -0.2) is 9.97 Å². The van der Waals surface area contributed by atoms with Crippen LogP contribution in [0.15, 0.2) is 24.5 Å². The van der Waals surface area contributed by atoms with Crippen LogP contribution in [0, 0.1) is 6.92 Å². The number of rotatable bonds is 1. The lowest BCUT2D eigenvalue weighted by Crippen LogP contribution is -2.03. The molecule has 3 aromatic rings. The van der Waals surface area contributed by atoms with Gasteiger partial charge < -0.3 is 5.73 Å². The fourth-order valence-electron chi connectivity index (χ4n) is 1.72. The molecule has 0 atom stereocenters. The lowest BCUT2D eigenvalue weighted by molar-refractivity contribution is 0.912. The molecule has 3 rings (SSSR count). The molecule has 0 saturated heterocycles. The lowest BCUT2D eigenvalue weighted by Gasteiger charge is -2.06. The van der Waals surface area contributed by atoms with E-state index in [1.54, 1.807) is 23.8 Å². The third kappa shape index (κ3) is 1.58. The number of fused-ring (bicyclic) bond motifs is 1. The highest BCUT2D eigenvalue weighted by Crippen LogP contribution is 2.26. The zero-order valence-corrected chi connectivity index (χ0v) is 10.3. The maximum Gasteiger partial charge on any atom is 0.180 e. The minimum atomic E-state index is 0.239. The summed E-state index contributed by atoms with van der Waals surface area (Å²) in [7, 11) is 0. The van der Waals surface area contributed by atoms with Crippen LogP contribution in [0.2, 0.25) is 5.02 Å². The second kappa shape index (κ2) is 3.92. The number of pyridine rings is 1. The Hall–Kier alpha value is -2.21. The first-order valence-corrected chi connectivity index (χ1v) is 5.63. The van der Waals surface area contributed by atoms with Crippen molar-refractivity contribution >= 4 is 23.1 Å². The zero-order valence-electron chi connectivity index (χ0n) is 9.50. The lowest BCUT2D eigenvalue weighted by atomic mass is 10.2. The van der Waals surface area contributed by atoms with Crippen molar-refractivity contribution in [3.8, 4) is 11.4 Å². The first kappa shape index (κ1) is 10.9. The Morgan fingerprint density at radius 1 is 1.22 bits per heavy atom. The molecule has 0 aromatic carbocycles. The third-order valence-electron chi connectivity index (χ3n) is 2.50. The standard InChI is InChI=1S/C11H9ClN6/c1-6-15-11-8(12)9(13)16-10(18(11)17-6)7-2-4-14-5-3-7/h2-5H,13H2,1H3. The van der Waals surface area contributed by atoms with Gasteiger partial charge in [0.25, 0.3) is 0 Å². The fourth-order valence-corrected chi connectivity index (χ4v) is 1.88. The van der Waals surface area contributed by atoms with Gasteiger partial charge in [0.15, 0.2) is 11.5 Å². The van der Waals surface area contributed by atoms with E-state index in [9.17, 15) is 0 Å². The van der Waals surface area contributed by atoms with Crippen LogP contribution in [0.5, 0.6) is 0 Å².